The lowest BCUT2D eigenvalue weighted by Crippen LogP contribution is -2.27. The van der Waals surface area contributed by atoms with Crippen molar-refractivity contribution in [1.82, 2.24) is 4.98 Å². The third-order valence-electron chi connectivity index (χ3n) is 5.52. The highest BCUT2D eigenvalue weighted by Crippen LogP contribution is 2.37. The number of aliphatic carboxylic acids is 1. The van der Waals surface area contributed by atoms with Gasteiger partial charge in [0.15, 0.2) is 0 Å². The first kappa shape index (κ1) is 16.2. The van der Waals surface area contributed by atoms with E-state index in [1.54, 1.807) is 0 Å². The summed E-state index contributed by atoms with van der Waals surface area (Å²) in [4.78, 5) is 21.5. The largest absolute Gasteiger partial charge is 0.481 e. The Morgan fingerprint density at radius 2 is 1.96 bits per heavy atom. The molecule has 0 radical (unpaired) electrons. The molecule has 0 saturated heterocycles. The van der Waals surface area contributed by atoms with E-state index in [9.17, 15) is 9.90 Å². The van der Waals surface area contributed by atoms with Crippen LogP contribution in [0.4, 0.5) is 5.69 Å². The molecule has 1 aromatic carbocycles. The Labute approximate surface area is 148 Å². The minimum atomic E-state index is -0.734. The van der Waals surface area contributed by atoms with E-state index in [1.807, 2.05) is 0 Å². The Balaban J connectivity index is 1.94. The van der Waals surface area contributed by atoms with Crippen molar-refractivity contribution in [3.8, 4) is 0 Å². The summed E-state index contributed by atoms with van der Waals surface area (Å²) in [6.07, 6.45) is 7.84. The van der Waals surface area contributed by atoms with Gasteiger partial charge in [-0.2, -0.15) is 0 Å². The molecule has 25 heavy (non-hydrogen) atoms. The molecule has 2 aliphatic carbocycles. The number of benzene rings is 1. The van der Waals surface area contributed by atoms with Gasteiger partial charge >= 0.3 is 5.97 Å². The normalized spacial score (nSPS) is 22.1. The highest BCUT2D eigenvalue weighted by atomic mass is 16.4. The van der Waals surface area contributed by atoms with E-state index < -0.39 is 11.9 Å². The number of carboxylic acid groups (broad SMARTS) is 1. The fourth-order valence-electron chi connectivity index (χ4n) is 4.18. The zero-order chi connectivity index (χ0) is 17.4. The van der Waals surface area contributed by atoms with Gasteiger partial charge in [-0.15, -0.1) is 0 Å². The molecule has 4 heteroatoms. The Bertz CT molecular complexity index is 870. The predicted octanol–water partition coefficient (Wildman–Crippen LogP) is 4.77. The fraction of sp³-hybridized carbons (Fsp3) is 0.476. The molecule has 1 aromatic heterocycles. The second kappa shape index (κ2) is 6.58. The van der Waals surface area contributed by atoms with Crippen LogP contribution in [-0.2, 0) is 17.6 Å². The van der Waals surface area contributed by atoms with Crippen LogP contribution in [-0.4, -0.2) is 21.8 Å². The smallest absolute Gasteiger partial charge is 0.312 e. The number of hydrogen-bond acceptors (Lipinski definition) is 3. The standard InChI is InChI=1S/C21H24N2O2/c1-13-10-11-19-16(12-13)20(14-6-2-4-8-17(14)22-19)23-18-9-5-3-7-15(18)21(24)25/h10-12,15H,2-9H2,1H3,(H,24,25). The molecule has 0 aliphatic heterocycles. The second-order valence-corrected chi connectivity index (χ2v) is 7.35. The third-order valence-corrected chi connectivity index (χ3v) is 5.52. The second-order valence-electron chi connectivity index (χ2n) is 7.35. The number of carbonyl (C=O) groups is 1. The molecule has 2 aliphatic rings. The lowest BCUT2D eigenvalue weighted by atomic mass is 9.86. The summed E-state index contributed by atoms with van der Waals surface area (Å²) in [6, 6.07) is 6.30. The minimum Gasteiger partial charge on any atom is -0.481 e. The topological polar surface area (TPSA) is 62.5 Å². The maximum absolute atomic E-state index is 11.7. The van der Waals surface area contributed by atoms with Gasteiger partial charge < -0.3 is 5.11 Å². The third kappa shape index (κ3) is 3.06. The number of fused-ring (bicyclic) bond motifs is 2. The van der Waals surface area contributed by atoms with Gasteiger partial charge in [-0.25, -0.2) is 0 Å². The minimum absolute atomic E-state index is 0.430. The van der Waals surface area contributed by atoms with Crippen LogP contribution in [0.3, 0.4) is 0 Å². The first-order valence-electron chi connectivity index (χ1n) is 9.36. The molecular weight excluding hydrogens is 312 g/mol. The van der Waals surface area contributed by atoms with E-state index in [0.717, 1.165) is 66.5 Å². The molecule has 1 unspecified atom stereocenters. The molecule has 0 bridgehead atoms. The van der Waals surface area contributed by atoms with E-state index in [2.05, 4.69) is 25.1 Å². The highest BCUT2D eigenvalue weighted by Gasteiger charge is 2.28. The van der Waals surface area contributed by atoms with Crippen molar-refractivity contribution in [3.05, 3.63) is 35.0 Å². The van der Waals surface area contributed by atoms with Gasteiger partial charge in [0, 0.05) is 16.8 Å². The van der Waals surface area contributed by atoms with Crippen molar-refractivity contribution < 1.29 is 9.90 Å². The number of hydrogen-bond donors (Lipinski definition) is 1. The summed E-state index contributed by atoms with van der Waals surface area (Å²) in [7, 11) is 0. The zero-order valence-electron chi connectivity index (χ0n) is 14.7. The molecule has 1 saturated carbocycles. The van der Waals surface area contributed by atoms with E-state index in [4.69, 9.17) is 9.98 Å². The molecule has 0 amide bonds. The van der Waals surface area contributed by atoms with E-state index in [1.165, 1.54) is 17.5 Å². The van der Waals surface area contributed by atoms with Gasteiger partial charge in [0.05, 0.1) is 17.1 Å². The van der Waals surface area contributed by atoms with Crippen LogP contribution in [0.25, 0.3) is 10.9 Å². The maximum Gasteiger partial charge on any atom is 0.312 e. The van der Waals surface area contributed by atoms with Gasteiger partial charge in [0.25, 0.3) is 0 Å². The van der Waals surface area contributed by atoms with Gasteiger partial charge in [0.2, 0.25) is 0 Å². The van der Waals surface area contributed by atoms with Gasteiger partial charge in [-0.1, -0.05) is 18.1 Å². The van der Waals surface area contributed by atoms with Crippen LogP contribution in [0.2, 0.25) is 0 Å². The zero-order valence-corrected chi connectivity index (χ0v) is 14.7. The number of pyridine rings is 1. The summed E-state index contributed by atoms with van der Waals surface area (Å²) in [5, 5.41) is 10.7. The molecule has 1 atom stereocenters. The average Bonchev–Trinajstić information content (AvgIpc) is 2.62. The van der Waals surface area contributed by atoms with Crippen LogP contribution >= 0.6 is 0 Å². The predicted molar refractivity (Wildman–Crippen MR) is 99.8 cm³/mol. The summed E-state index contributed by atoms with van der Waals surface area (Å²) in [5.41, 5.74) is 6.40. The molecule has 130 valence electrons. The van der Waals surface area contributed by atoms with E-state index in [-0.39, 0.29) is 0 Å². The van der Waals surface area contributed by atoms with Gasteiger partial charge in [-0.3, -0.25) is 14.8 Å². The maximum atomic E-state index is 11.7. The molecule has 0 spiro atoms. The Hall–Kier alpha value is -2.23. The van der Waals surface area contributed by atoms with Crippen LogP contribution in [0.5, 0.6) is 0 Å². The van der Waals surface area contributed by atoms with Crippen LogP contribution < -0.4 is 0 Å². The Kier molecular flexibility index (Phi) is 4.28. The van der Waals surface area contributed by atoms with Crippen molar-refractivity contribution in [2.45, 2.75) is 58.3 Å². The van der Waals surface area contributed by atoms with Crippen LogP contribution in [0, 0.1) is 12.8 Å². The molecule has 1 fully saturated rings. The average molecular weight is 336 g/mol. The molecule has 2 aromatic rings. The van der Waals surface area contributed by atoms with Crippen molar-refractivity contribution >= 4 is 28.3 Å². The SMILES string of the molecule is Cc1ccc2nc3c(c(N=C4CCCCC4C(=O)O)c2c1)CCCC3. The summed E-state index contributed by atoms with van der Waals surface area (Å²) in [5.74, 6) is -1.16. The van der Waals surface area contributed by atoms with Crippen LogP contribution in [0.1, 0.15) is 55.3 Å². The first-order valence-corrected chi connectivity index (χ1v) is 9.36. The summed E-state index contributed by atoms with van der Waals surface area (Å²) < 4.78 is 0. The highest BCUT2D eigenvalue weighted by molar-refractivity contribution is 6.05. The monoisotopic (exact) mass is 336 g/mol. The number of aryl methyl sites for hydroxylation is 2. The van der Waals surface area contributed by atoms with Crippen molar-refractivity contribution in [2.75, 3.05) is 0 Å². The van der Waals surface area contributed by atoms with Gasteiger partial charge in [0.1, 0.15) is 0 Å². The Morgan fingerprint density at radius 1 is 1.16 bits per heavy atom. The van der Waals surface area contributed by atoms with Crippen molar-refractivity contribution in [1.29, 1.82) is 0 Å². The van der Waals surface area contributed by atoms with E-state index >= 15 is 0 Å². The molecule has 4 rings (SSSR count). The first-order chi connectivity index (χ1) is 12.1. The molecule has 4 nitrogen and oxygen atoms in total. The van der Waals surface area contributed by atoms with Crippen molar-refractivity contribution in [2.24, 2.45) is 10.9 Å². The molecular formula is C21H24N2O2. The fourth-order valence-corrected chi connectivity index (χ4v) is 4.18. The molecule has 1 heterocycles. The van der Waals surface area contributed by atoms with E-state index in [0.29, 0.717) is 6.42 Å². The summed E-state index contributed by atoms with van der Waals surface area (Å²) >= 11 is 0. The summed E-state index contributed by atoms with van der Waals surface area (Å²) in [6.45, 7) is 2.08. The number of nitrogens with zero attached hydrogens (tertiary/aromatic N) is 2. The lowest BCUT2D eigenvalue weighted by molar-refractivity contribution is -0.139. The Morgan fingerprint density at radius 3 is 2.80 bits per heavy atom. The number of carboxylic acids is 1. The number of aliphatic imine (C=N–C) groups is 1. The van der Waals surface area contributed by atoms with Crippen LogP contribution in [0.15, 0.2) is 23.2 Å². The van der Waals surface area contributed by atoms with Crippen molar-refractivity contribution in [3.63, 3.8) is 0 Å². The lowest BCUT2D eigenvalue weighted by Gasteiger charge is -2.23. The molecule has 1 N–H and O–H groups in total. The quantitative estimate of drug-likeness (QED) is 0.859. The number of aromatic nitrogens is 1. The van der Waals surface area contributed by atoms with Gasteiger partial charge in [-0.05, 0) is 69.6 Å². The number of rotatable bonds is 2.